The third-order valence-corrected chi connectivity index (χ3v) is 1.87. The van der Waals surface area contributed by atoms with Crippen LogP contribution >= 0.6 is 0 Å². The minimum absolute atomic E-state index is 0.477. The summed E-state index contributed by atoms with van der Waals surface area (Å²) in [6.07, 6.45) is 8.68. The van der Waals surface area contributed by atoms with Gasteiger partial charge in [-0.3, -0.25) is 4.68 Å². The Balaban J connectivity index is 2.40. The largest absolute Gasteiger partial charge is 0.387 e. The summed E-state index contributed by atoms with van der Waals surface area (Å²) in [6.45, 7) is 0. The molecule has 0 fully saturated rings. The highest BCUT2D eigenvalue weighted by molar-refractivity contribution is 5.02. The van der Waals surface area contributed by atoms with E-state index in [-0.39, 0.29) is 0 Å². The summed E-state index contributed by atoms with van der Waals surface area (Å²) in [6, 6.07) is 1.82. The molecule has 1 atom stereocenters. The van der Waals surface area contributed by atoms with Gasteiger partial charge in [0.05, 0.1) is 11.8 Å². The summed E-state index contributed by atoms with van der Waals surface area (Å²) in [5, 5.41) is 13.7. The van der Waals surface area contributed by atoms with Crippen LogP contribution in [0.5, 0.6) is 0 Å². The maximum atomic E-state index is 9.62. The van der Waals surface area contributed by atoms with Crippen LogP contribution in [0.3, 0.4) is 0 Å². The number of hydrogen-bond donors (Lipinski definition) is 1. The Hall–Kier alpha value is -1.27. The van der Waals surface area contributed by atoms with Gasteiger partial charge in [-0.2, -0.15) is 5.10 Å². The molecule has 0 aliphatic carbocycles. The van der Waals surface area contributed by atoms with Crippen molar-refractivity contribution in [3.8, 4) is 12.3 Å². The predicted molar refractivity (Wildman–Crippen MR) is 50.9 cm³/mol. The fourth-order valence-corrected chi connectivity index (χ4v) is 1.16. The zero-order valence-electron chi connectivity index (χ0n) is 7.77. The smallest absolute Gasteiger partial charge is 0.0978 e. The standard InChI is InChI=1S/C10H14N2O/c1-3-4-5-6-10(13)9-7-8-12(2)11-9/h1,7-8,10,13H,4-6H2,2H3. The molecule has 3 heteroatoms. The molecule has 70 valence electrons. The maximum absolute atomic E-state index is 9.62. The first-order valence-corrected chi connectivity index (χ1v) is 4.35. The van der Waals surface area contributed by atoms with Crippen molar-refractivity contribution in [1.29, 1.82) is 0 Å². The molecule has 0 aliphatic rings. The van der Waals surface area contributed by atoms with Crippen LogP contribution in [0.25, 0.3) is 0 Å². The second-order valence-corrected chi connectivity index (χ2v) is 3.03. The highest BCUT2D eigenvalue weighted by Crippen LogP contribution is 2.16. The Morgan fingerprint density at radius 3 is 3.08 bits per heavy atom. The van der Waals surface area contributed by atoms with Crippen molar-refractivity contribution in [3.05, 3.63) is 18.0 Å². The molecule has 0 saturated carbocycles. The molecule has 1 rings (SSSR count). The van der Waals surface area contributed by atoms with Crippen LogP contribution in [0.1, 0.15) is 31.1 Å². The number of terminal acetylenes is 1. The zero-order chi connectivity index (χ0) is 9.68. The normalized spacial score (nSPS) is 12.4. The molecular formula is C10H14N2O. The van der Waals surface area contributed by atoms with Crippen LogP contribution in [-0.2, 0) is 7.05 Å². The molecular weight excluding hydrogens is 164 g/mol. The molecule has 0 aliphatic heterocycles. The molecule has 3 nitrogen and oxygen atoms in total. The molecule has 1 unspecified atom stereocenters. The monoisotopic (exact) mass is 178 g/mol. The van der Waals surface area contributed by atoms with E-state index in [2.05, 4.69) is 11.0 Å². The summed E-state index contributed by atoms with van der Waals surface area (Å²) in [5.74, 6) is 2.54. The molecule has 13 heavy (non-hydrogen) atoms. The van der Waals surface area contributed by atoms with E-state index < -0.39 is 6.10 Å². The Morgan fingerprint density at radius 2 is 2.54 bits per heavy atom. The van der Waals surface area contributed by atoms with Gasteiger partial charge >= 0.3 is 0 Å². The minimum atomic E-state index is -0.477. The molecule has 0 radical (unpaired) electrons. The quantitative estimate of drug-likeness (QED) is 0.556. The van der Waals surface area contributed by atoms with Gasteiger partial charge in [-0.1, -0.05) is 0 Å². The topological polar surface area (TPSA) is 38.0 Å². The lowest BCUT2D eigenvalue weighted by Gasteiger charge is -2.05. The Morgan fingerprint density at radius 1 is 1.77 bits per heavy atom. The lowest BCUT2D eigenvalue weighted by Crippen LogP contribution is -1.99. The number of unbranched alkanes of at least 4 members (excludes halogenated alkanes) is 1. The van der Waals surface area contributed by atoms with Gasteiger partial charge in [-0.15, -0.1) is 12.3 Å². The molecule has 0 bridgehead atoms. The molecule has 1 N–H and O–H groups in total. The number of rotatable bonds is 4. The second kappa shape index (κ2) is 4.68. The van der Waals surface area contributed by atoms with Gasteiger partial charge in [0.1, 0.15) is 0 Å². The SMILES string of the molecule is C#CCCCC(O)c1ccn(C)n1. The van der Waals surface area contributed by atoms with Crippen molar-refractivity contribution >= 4 is 0 Å². The molecule has 1 aromatic rings. The van der Waals surface area contributed by atoms with E-state index in [9.17, 15) is 5.11 Å². The summed E-state index contributed by atoms with van der Waals surface area (Å²) < 4.78 is 1.68. The fourth-order valence-electron chi connectivity index (χ4n) is 1.16. The second-order valence-electron chi connectivity index (χ2n) is 3.03. The van der Waals surface area contributed by atoms with Crippen LogP contribution in [0.15, 0.2) is 12.3 Å². The van der Waals surface area contributed by atoms with Crippen molar-refractivity contribution in [2.24, 2.45) is 7.05 Å². The van der Waals surface area contributed by atoms with Crippen LogP contribution in [0.2, 0.25) is 0 Å². The summed E-state index contributed by atoms with van der Waals surface area (Å²) in [5.41, 5.74) is 0.722. The predicted octanol–water partition coefficient (Wildman–Crippen LogP) is 1.26. The highest BCUT2D eigenvalue weighted by atomic mass is 16.3. The van der Waals surface area contributed by atoms with Gasteiger partial charge in [0.15, 0.2) is 0 Å². The van der Waals surface area contributed by atoms with Crippen molar-refractivity contribution < 1.29 is 5.11 Å². The van der Waals surface area contributed by atoms with Gasteiger partial charge in [-0.25, -0.2) is 0 Å². The van der Waals surface area contributed by atoms with E-state index in [1.165, 1.54) is 0 Å². The van der Waals surface area contributed by atoms with E-state index in [1.807, 2.05) is 19.3 Å². The first-order chi connectivity index (χ1) is 6.24. The fraction of sp³-hybridized carbons (Fsp3) is 0.500. The Kier molecular flexibility index (Phi) is 3.53. The number of aromatic nitrogens is 2. The average molecular weight is 178 g/mol. The summed E-state index contributed by atoms with van der Waals surface area (Å²) >= 11 is 0. The summed E-state index contributed by atoms with van der Waals surface area (Å²) in [7, 11) is 1.83. The van der Waals surface area contributed by atoms with Crippen LogP contribution < -0.4 is 0 Å². The molecule has 0 amide bonds. The van der Waals surface area contributed by atoms with Gasteiger partial charge in [0.25, 0.3) is 0 Å². The number of hydrogen-bond acceptors (Lipinski definition) is 2. The van der Waals surface area contributed by atoms with Crippen molar-refractivity contribution in [2.45, 2.75) is 25.4 Å². The number of aliphatic hydroxyl groups excluding tert-OH is 1. The van der Waals surface area contributed by atoms with E-state index in [1.54, 1.807) is 4.68 Å². The molecule has 0 aromatic carbocycles. The Labute approximate surface area is 78.4 Å². The minimum Gasteiger partial charge on any atom is -0.387 e. The number of aliphatic hydroxyl groups is 1. The average Bonchev–Trinajstić information content (AvgIpc) is 2.52. The highest BCUT2D eigenvalue weighted by Gasteiger charge is 2.08. The lowest BCUT2D eigenvalue weighted by molar-refractivity contribution is 0.159. The third-order valence-electron chi connectivity index (χ3n) is 1.87. The Bertz CT molecular complexity index is 298. The molecule has 1 heterocycles. The van der Waals surface area contributed by atoms with E-state index in [0.717, 1.165) is 12.1 Å². The van der Waals surface area contributed by atoms with Gasteiger partial charge in [0.2, 0.25) is 0 Å². The molecule has 0 saturated heterocycles. The first kappa shape index (κ1) is 9.82. The van der Waals surface area contributed by atoms with E-state index in [4.69, 9.17) is 6.42 Å². The number of aryl methyl sites for hydroxylation is 1. The number of nitrogens with zero attached hydrogens (tertiary/aromatic N) is 2. The van der Waals surface area contributed by atoms with Crippen LogP contribution in [0.4, 0.5) is 0 Å². The van der Waals surface area contributed by atoms with E-state index >= 15 is 0 Å². The van der Waals surface area contributed by atoms with Crippen molar-refractivity contribution in [3.63, 3.8) is 0 Å². The zero-order valence-corrected chi connectivity index (χ0v) is 7.77. The van der Waals surface area contributed by atoms with Gasteiger partial charge in [-0.05, 0) is 18.9 Å². The van der Waals surface area contributed by atoms with Gasteiger partial charge in [0, 0.05) is 19.7 Å². The summed E-state index contributed by atoms with van der Waals surface area (Å²) in [4.78, 5) is 0. The van der Waals surface area contributed by atoms with Crippen LogP contribution in [-0.4, -0.2) is 14.9 Å². The first-order valence-electron chi connectivity index (χ1n) is 4.35. The van der Waals surface area contributed by atoms with Crippen molar-refractivity contribution in [1.82, 2.24) is 9.78 Å². The van der Waals surface area contributed by atoms with Crippen LogP contribution in [0, 0.1) is 12.3 Å². The maximum Gasteiger partial charge on any atom is 0.0978 e. The van der Waals surface area contributed by atoms with Gasteiger partial charge < -0.3 is 5.11 Å². The molecule has 1 aromatic heterocycles. The lowest BCUT2D eigenvalue weighted by atomic mass is 10.1. The molecule has 0 spiro atoms. The third kappa shape index (κ3) is 2.92. The van der Waals surface area contributed by atoms with E-state index in [0.29, 0.717) is 12.8 Å². The van der Waals surface area contributed by atoms with Crippen molar-refractivity contribution in [2.75, 3.05) is 0 Å².